The third-order valence-electron chi connectivity index (χ3n) is 3.73. The summed E-state index contributed by atoms with van der Waals surface area (Å²) in [6.45, 7) is 2.21. The molecule has 24 heavy (non-hydrogen) atoms. The first-order valence-electron chi connectivity index (χ1n) is 9.04. The molecule has 0 spiro atoms. The van der Waals surface area contributed by atoms with Gasteiger partial charge in [0.25, 0.3) is 0 Å². The van der Waals surface area contributed by atoms with E-state index in [0.717, 1.165) is 12.8 Å². The Bertz CT molecular complexity index is 385. The number of hydrogen-bond acceptors (Lipinski definition) is 4. The zero-order valence-corrected chi connectivity index (χ0v) is 15.2. The Balaban J connectivity index is 3.74. The SMILES string of the molecule is CCCCCCCCC(O)/C=C/C=C/C=C/C(O)CCC(=O)OC. The van der Waals surface area contributed by atoms with Gasteiger partial charge in [-0.25, -0.2) is 0 Å². The van der Waals surface area contributed by atoms with E-state index in [9.17, 15) is 15.0 Å². The number of allylic oxidation sites excluding steroid dienone is 4. The Hall–Kier alpha value is -1.39. The molecule has 0 aliphatic carbocycles. The van der Waals surface area contributed by atoms with Crippen LogP contribution < -0.4 is 0 Å². The van der Waals surface area contributed by atoms with E-state index in [0.29, 0.717) is 6.42 Å². The predicted octanol–water partition coefficient (Wildman–Crippen LogP) is 4.08. The Morgan fingerprint density at radius 2 is 1.42 bits per heavy atom. The molecule has 0 aromatic rings. The molecule has 0 aromatic heterocycles. The van der Waals surface area contributed by atoms with Crippen molar-refractivity contribution >= 4 is 5.97 Å². The number of rotatable bonds is 14. The van der Waals surface area contributed by atoms with Gasteiger partial charge in [-0.2, -0.15) is 0 Å². The molecule has 0 saturated heterocycles. The quantitative estimate of drug-likeness (QED) is 0.284. The number of aliphatic hydroxyl groups is 2. The molecule has 0 aliphatic heterocycles. The maximum atomic E-state index is 10.9. The van der Waals surface area contributed by atoms with Crippen LogP contribution in [-0.4, -0.2) is 35.5 Å². The van der Waals surface area contributed by atoms with Crippen LogP contribution in [0, 0.1) is 0 Å². The van der Waals surface area contributed by atoms with E-state index in [-0.39, 0.29) is 12.4 Å². The number of carbonyl (C=O) groups is 1. The molecule has 0 amide bonds. The van der Waals surface area contributed by atoms with Gasteiger partial charge in [-0.3, -0.25) is 4.79 Å². The van der Waals surface area contributed by atoms with E-state index in [2.05, 4.69) is 11.7 Å². The zero-order valence-electron chi connectivity index (χ0n) is 15.2. The Labute approximate surface area is 146 Å². The normalized spacial score (nSPS) is 14.7. The van der Waals surface area contributed by atoms with E-state index in [1.54, 1.807) is 24.3 Å². The van der Waals surface area contributed by atoms with E-state index in [4.69, 9.17) is 0 Å². The van der Waals surface area contributed by atoms with Crippen molar-refractivity contribution in [1.82, 2.24) is 0 Å². The van der Waals surface area contributed by atoms with Gasteiger partial charge in [0, 0.05) is 6.42 Å². The van der Waals surface area contributed by atoms with Gasteiger partial charge in [0.1, 0.15) is 0 Å². The summed E-state index contributed by atoms with van der Waals surface area (Å²) in [5.41, 5.74) is 0. The molecule has 0 rings (SSSR count). The lowest BCUT2D eigenvalue weighted by atomic mass is 10.1. The zero-order chi connectivity index (χ0) is 18.0. The van der Waals surface area contributed by atoms with Crippen molar-refractivity contribution in [1.29, 1.82) is 0 Å². The van der Waals surface area contributed by atoms with Crippen LogP contribution in [0.15, 0.2) is 36.5 Å². The number of aliphatic hydroxyl groups excluding tert-OH is 2. The van der Waals surface area contributed by atoms with Crippen LogP contribution in [0.3, 0.4) is 0 Å². The second-order valence-electron chi connectivity index (χ2n) is 5.96. The van der Waals surface area contributed by atoms with Crippen molar-refractivity contribution < 1.29 is 19.7 Å². The first-order chi connectivity index (χ1) is 11.6. The van der Waals surface area contributed by atoms with Crippen molar-refractivity contribution in [3.05, 3.63) is 36.5 Å². The summed E-state index contributed by atoms with van der Waals surface area (Å²) in [5.74, 6) is -0.319. The highest BCUT2D eigenvalue weighted by molar-refractivity contribution is 5.69. The van der Waals surface area contributed by atoms with Crippen molar-refractivity contribution in [3.63, 3.8) is 0 Å². The maximum Gasteiger partial charge on any atom is 0.305 e. The largest absolute Gasteiger partial charge is 0.469 e. The minimum Gasteiger partial charge on any atom is -0.469 e. The minimum atomic E-state index is -0.656. The molecule has 2 N–H and O–H groups in total. The van der Waals surface area contributed by atoms with Crippen LogP contribution in [0.1, 0.15) is 64.7 Å². The Morgan fingerprint density at radius 3 is 2.00 bits per heavy atom. The van der Waals surface area contributed by atoms with Gasteiger partial charge in [0.15, 0.2) is 0 Å². The van der Waals surface area contributed by atoms with E-state index in [1.165, 1.54) is 39.2 Å². The summed E-state index contributed by atoms with van der Waals surface area (Å²) in [4.78, 5) is 10.9. The standard InChI is InChI=1S/C20H34O4/c1-3-4-5-6-7-10-13-18(21)14-11-8-9-12-15-19(22)16-17-20(23)24-2/h8-9,11-12,14-15,18-19,21-22H,3-7,10,13,16-17H2,1-2H3/b9-8+,14-11+,15-12+. The Kier molecular flexibility index (Phi) is 15.5. The fourth-order valence-electron chi connectivity index (χ4n) is 2.21. The number of esters is 1. The summed E-state index contributed by atoms with van der Waals surface area (Å²) < 4.78 is 4.51. The molecule has 138 valence electrons. The fourth-order valence-corrected chi connectivity index (χ4v) is 2.21. The molecule has 2 atom stereocenters. The van der Waals surface area contributed by atoms with Crippen LogP contribution in [0.5, 0.6) is 0 Å². The third kappa shape index (κ3) is 15.5. The average Bonchev–Trinajstić information content (AvgIpc) is 2.58. The Morgan fingerprint density at radius 1 is 0.875 bits per heavy atom. The van der Waals surface area contributed by atoms with Crippen LogP contribution >= 0.6 is 0 Å². The molecule has 0 aliphatic rings. The molecule has 4 nitrogen and oxygen atoms in total. The maximum absolute atomic E-state index is 10.9. The number of hydrogen-bond donors (Lipinski definition) is 2. The molecule has 0 bridgehead atoms. The van der Waals surface area contributed by atoms with Gasteiger partial charge < -0.3 is 14.9 Å². The van der Waals surface area contributed by atoms with Crippen molar-refractivity contribution in [3.8, 4) is 0 Å². The van der Waals surface area contributed by atoms with Gasteiger partial charge in [0.05, 0.1) is 19.3 Å². The van der Waals surface area contributed by atoms with E-state index >= 15 is 0 Å². The van der Waals surface area contributed by atoms with Crippen molar-refractivity contribution in [2.75, 3.05) is 7.11 Å². The smallest absolute Gasteiger partial charge is 0.305 e. The number of carbonyl (C=O) groups excluding carboxylic acids is 1. The fraction of sp³-hybridized carbons (Fsp3) is 0.650. The first kappa shape index (κ1) is 22.6. The molecule has 0 fully saturated rings. The van der Waals surface area contributed by atoms with Gasteiger partial charge in [-0.05, 0) is 12.8 Å². The number of methoxy groups -OCH3 is 1. The molecule has 4 heteroatoms. The third-order valence-corrected chi connectivity index (χ3v) is 3.73. The molecule has 0 radical (unpaired) electrons. The second kappa shape index (κ2) is 16.5. The van der Waals surface area contributed by atoms with E-state index in [1.807, 2.05) is 12.2 Å². The first-order valence-corrected chi connectivity index (χ1v) is 9.04. The average molecular weight is 338 g/mol. The summed E-state index contributed by atoms with van der Waals surface area (Å²) in [6.07, 6.45) is 18.2. The predicted molar refractivity (Wildman–Crippen MR) is 98.7 cm³/mol. The second-order valence-corrected chi connectivity index (χ2v) is 5.96. The highest BCUT2D eigenvalue weighted by Crippen LogP contribution is 2.09. The summed E-state index contributed by atoms with van der Waals surface area (Å²) >= 11 is 0. The number of unbranched alkanes of at least 4 members (excludes halogenated alkanes) is 5. The van der Waals surface area contributed by atoms with Gasteiger partial charge in [-0.15, -0.1) is 0 Å². The topological polar surface area (TPSA) is 66.8 Å². The van der Waals surface area contributed by atoms with Crippen molar-refractivity contribution in [2.24, 2.45) is 0 Å². The molecule has 0 heterocycles. The lowest BCUT2D eigenvalue weighted by molar-refractivity contribution is -0.141. The van der Waals surface area contributed by atoms with Gasteiger partial charge in [-0.1, -0.05) is 81.9 Å². The van der Waals surface area contributed by atoms with Crippen molar-refractivity contribution in [2.45, 2.75) is 76.9 Å². The van der Waals surface area contributed by atoms with Crippen LogP contribution in [0.2, 0.25) is 0 Å². The summed E-state index contributed by atoms with van der Waals surface area (Å²) in [6, 6.07) is 0. The van der Waals surface area contributed by atoms with Gasteiger partial charge >= 0.3 is 5.97 Å². The monoisotopic (exact) mass is 338 g/mol. The van der Waals surface area contributed by atoms with Crippen LogP contribution in [-0.2, 0) is 9.53 Å². The lowest BCUT2D eigenvalue weighted by Crippen LogP contribution is -2.07. The summed E-state index contributed by atoms with van der Waals surface area (Å²) in [7, 11) is 1.33. The number of ether oxygens (including phenoxy) is 1. The van der Waals surface area contributed by atoms with E-state index < -0.39 is 12.2 Å². The molecule has 0 aromatic carbocycles. The molecular weight excluding hydrogens is 304 g/mol. The highest BCUT2D eigenvalue weighted by atomic mass is 16.5. The molecular formula is C20H34O4. The van der Waals surface area contributed by atoms with Crippen LogP contribution in [0.25, 0.3) is 0 Å². The highest BCUT2D eigenvalue weighted by Gasteiger charge is 2.04. The molecule has 0 saturated carbocycles. The van der Waals surface area contributed by atoms with Gasteiger partial charge in [0.2, 0.25) is 0 Å². The summed E-state index contributed by atoms with van der Waals surface area (Å²) in [5, 5.41) is 19.4. The minimum absolute atomic E-state index is 0.205. The van der Waals surface area contributed by atoms with Crippen LogP contribution in [0.4, 0.5) is 0 Å². The molecule has 2 unspecified atom stereocenters. The lowest BCUT2D eigenvalue weighted by Gasteiger charge is -2.04.